The second-order valence-electron chi connectivity index (χ2n) is 3.87. The van der Waals surface area contributed by atoms with Gasteiger partial charge in [0.15, 0.2) is 0 Å². The van der Waals surface area contributed by atoms with Crippen molar-refractivity contribution in [3.8, 4) is 0 Å². The lowest BCUT2D eigenvalue weighted by Gasteiger charge is -2.07. The average Bonchev–Trinajstić information content (AvgIpc) is 2.94. The van der Waals surface area contributed by atoms with Gasteiger partial charge in [-0.05, 0) is 30.4 Å². The van der Waals surface area contributed by atoms with Crippen LogP contribution in [0.3, 0.4) is 0 Å². The summed E-state index contributed by atoms with van der Waals surface area (Å²) in [6.45, 7) is 0.113. The van der Waals surface area contributed by atoms with Gasteiger partial charge < -0.3 is 9.51 Å². The first-order valence-corrected chi connectivity index (χ1v) is 4.94. The Bertz CT molecular complexity index is 471. The molecule has 1 aliphatic rings. The normalized spacial score (nSPS) is 16.4. The van der Waals surface area contributed by atoms with Crippen molar-refractivity contribution in [2.75, 3.05) is 0 Å². The van der Waals surface area contributed by atoms with Crippen LogP contribution in [-0.2, 0) is 6.61 Å². The van der Waals surface area contributed by atoms with Gasteiger partial charge in [0.25, 0.3) is 0 Å². The van der Waals surface area contributed by atoms with Crippen LogP contribution in [0, 0.1) is 0 Å². The molecule has 3 heteroatoms. The van der Waals surface area contributed by atoms with Gasteiger partial charge >= 0.3 is 0 Å². The maximum atomic E-state index is 9.37. The summed E-state index contributed by atoms with van der Waals surface area (Å²) in [5.74, 6) is 0.678. The van der Waals surface area contributed by atoms with Crippen molar-refractivity contribution in [3.63, 3.8) is 0 Å². The van der Waals surface area contributed by atoms with E-state index in [0.29, 0.717) is 5.92 Å². The molecule has 0 atom stereocenters. The summed E-state index contributed by atoms with van der Waals surface area (Å²) in [5, 5.41) is 9.37. The van der Waals surface area contributed by atoms with Crippen molar-refractivity contribution in [3.05, 3.63) is 35.9 Å². The van der Waals surface area contributed by atoms with Gasteiger partial charge in [-0.2, -0.15) is 0 Å². The first kappa shape index (κ1) is 8.00. The zero-order valence-electron chi connectivity index (χ0n) is 7.85. The zero-order valence-corrected chi connectivity index (χ0v) is 7.85. The molecular weight excluding hydrogens is 176 g/mol. The summed E-state index contributed by atoms with van der Waals surface area (Å²) in [5.41, 5.74) is 3.39. The Hall–Kier alpha value is -1.35. The van der Waals surface area contributed by atoms with E-state index in [9.17, 15) is 5.11 Å². The Labute approximate surface area is 82.0 Å². The average molecular weight is 188 g/mol. The van der Waals surface area contributed by atoms with Crippen molar-refractivity contribution < 1.29 is 5.11 Å². The maximum absolute atomic E-state index is 9.37. The third kappa shape index (κ3) is 1.06. The summed E-state index contributed by atoms with van der Waals surface area (Å²) in [6, 6.07) is 2.11. The van der Waals surface area contributed by atoms with Crippen LogP contribution in [0.1, 0.15) is 29.9 Å². The first-order valence-electron chi connectivity index (χ1n) is 4.94. The number of rotatable bonds is 2. The lowest BCUT2D eigenvalue weighted by Crippen LogP contribution is -1.96. The maximum Gasteiger partial charge on any atom is 0.0992 e. The highest BCUT2D eigenvalue weighted by molar-refractivity contribution is 5.57. The first-order chi connectivity index (χ1) is 6.90. The quantitative estimate of drug-likeness (QED) is 0.779. The standard InChI is InChI=1S/C11H12N2O/c14-6-10-9(8-1-2-8)3-4-13-7-12-5-11(10)13/h3-5,7-8,14H,1-2,6H2. The van der Waals surface area contributed by atoms with E-state index in [1.165, 1.54) is 18.4 Å². The van der Waals surface area contributed by atoms with E-state index in [2.05, 4.69) is 11.1 Å². The van der Waals surface area contributed by atoms with E-state index in [-0.39, 0.29) is 6.61 Å². The second-order valence-corrected chi connectivity index (χ2v) is 3.87. The van der Waals surface area contributed by atoms with E-state index in [1.54, 1.807) is 6.33 Å². The van der Waals surface area contributed by atoms with Crippen LogP contribution in [-0.4, -0.2) is 14.5 Å². The number of hydrogen-bond donors (Lipinski definition) is 1. The van der Waals surface area contributed by atoms with E-state index in [0.717, 1.165) is 11.1 Å². The van der Waals surface area contributed by atoms with Crippen molar-refractivity contribution in [1.29, 1.82) is 0 Å². The molecule has 3 nitrogen and oxygen atoms in total. The minimum Gasteiger partial charge on any atom is -0.392 e. The molecule has 0 aliphatic heterocycles. The van der Waals surface area contributed by atoms with Crippen LogP contribution < -0.4 is 0 Å². The molecule has 0 spiro atoms. The highest BCUT2D eigenvalue weighted by atomic mass is 16.3. The number of aromatic nitrogens is 2. The molecular formula is C11H12N2O. The van der Waals surface area contributed by atoms with Crippen molar-refractivity contribution in [1.82, 2.24) is 9.38 Å². The molecule has 0 unspecified atom stereocenters. The molecule has 3 rings (SSSR count). The Balaban J connectivity index is 2.28. The highest BCUT2D eigenvalue weighted by Crippen LogP contribution is 2.42. The lowest BCUT2D eigenvalue weighted by molar-refractivity contribution is 0.281. The molecule has 1 aliphatic carbocycles. The molecule has 2 aromatic heterocycles. The van der Waals surface area contributed by atoms with Crippen LogP contribution in [0.25, 0.3) is 5.52 Å². The lowest BCUT2D eigenvalue weighted by atomic mass is 10.1. The van der Waals surface area contributed by atoms with E-state index in [1.807, 2.05) is 16.8 Å². The fourth-order valence-corrected chi connectivity index (χ4v) is 2.02. The molecule has 72 valence electrons. The van der Waals surface area contributed by atoms with E-state index in [4.69, 9.17) is 0 Å². The van der Waals surface area contributed by atoms with Gasteiger partial charge in [-0.15, -0.1) is 0 Å². The molecule has 1 saturated carbocycles. The third-order valence-electron chi connectivity index (χ3n) is 2.91. The van der Waals surface area contributed by atoms with E-state index >= 15 is 0 Å². The second kappa shape index (κ2) is 2.82. The number of hydrogen-bond acceptors (Lipinski definition) is 2. The van der Waals surface area contributed by atoms with Crippen molar-refractivity contribution in [2.45, 2.75) is 25.4 Å². The Kier molecular flexibility index (Phi) is 1.61. The van der Waals surface area contributed by atoms with Gasteiger partial charge in [0, 0.05) is 11.8 Å². The highest BCUT2D eigenvalue weighted by Gasteiger charge is 2.26. The predicted molar refractivity (Wildman–Crippen MR) is 53.1 cm³/mol. The molecule has 2 heterocycles. The minimum atomic E-state index is 0.113. The predicted octanol–water partition coefficient (Wildman–Crippen LogP) is 1.70. The number of fused-ring (bicyclic) bond motifs is 1. The smallest absolute Gasteiger partial charge is 0.0992 e. The number of pyridine rings is 1. The molecule has 0 saturated heterocycles. The largest absolute Gasteiger partial charge is 0.392 e. The fraction of sp³-hybridized carbons (Fsp3) is 0.364. The molecule has 1 N–H and O–H groups in total. The molecule has 1 fully saturated rings. The summed E-state index contributed by atoms with van der Waals surface area (Å²) < 4.78 is 1.96. The summed E-state index contributed by atoms with van der Waals surface area (Å²) >= 11 is 0. The zero-order chi connectivity index (χ0) is 9.54. The summed E-state index contributed by atoms with van der Waals surface area (Å²) in [7, 11) is 0. The Morgan fingerprint density at radius 1 is 1.50 bits per heavy atom. The minimum absolute atomic E-state index is 0.113. The molecule has 0 amide bonds. The van der Waals surface area contributed by atoms with Crippen LogP contribution in [0.15, 0.2) is 24.8 Å². The van der Waals surface area contributed by atoms with Gasteiger partial charge in [-0.1, -0.05) is 0 Å². The van der Waals surface area contributed by atoms with Gasteiger partial charge in [0.05, 0.1) is 24.6 Å². The van der Waals surface area contributed by atoms with Crippen LogP contribution in [0.2, 0.25) is 0 Å². The Morgan fingerprint density at radius 3 is 3.07 bits per heavy atom. The van der Waals surface area contributed by atoms with Crippen molar-refractivity contribution in [2.24, 2.45) is 0 Å². The SMILES string of the molecule is OCc1c(C2CC2)ccn2cncc12. The summed E-state index contributed by atoms with van der Waals surface area (Å²) in [6.07, 6.45) is 8.13. The number of imidazole rings is 1. The summed E-state index contributed by atoms with van der Waals surface area (Å²) in [4.78, 5) is 4.08. The number of aliphatic hydroxyl groups is 1. The topological polar surface area (TPSA) is 37.5 Å². The van der Waals surface area contributed by atoms with Crippen LogP contribution in [0.5, 0.6) is 0 Å². The number of aliphatic hydroxyl groups excluding tert-OH is 1. The molecule has 0 aromatic carbocycles. The van der Waals surface area contributed by atoms with Crippen molar-refractivity contribution >= 4 is 5.52 Å². The van der Waals surface area contributed by atoms with Gasteiger partial charge in [-0.3, -0.25) is 0 Å². The molecule has 0 radical (unpaired) electrons. The molecule has 2 aromatic rings. The number of nitrogens with zero attached hydrogens (tertiary/aromatic N) is 2. The monoisotopic (exact) mass is 188 g/mol. The van der Waals surface area contributed by atoms with E-state index < -0.39 is 0 Å². The van der Waals surface area contributed by atoms with Gasteiger partial charge in [0.1, 0.15) is 0 Å². The molecule has 0 bridgehead atoms. The Morgan fingerprint density at radius 2 is 2.36 bits per heavy atom. The van der Waals surface area contributed by atoms with Crippen LogP contribution in [0.4, 0.5) is 0 Å². The van der Waals surface area contributed by atoms with Gasteiger partial charge in [0.2, 0.25) is 0 Å². The van der Waals surface area contributed by atoms with Crippen LogP contribution >= 0.6 is 0 Å². The third-order valence-corrected chi connectivity index (χ3v) is 2.91. The fourth-order valence-electron chi connectivity index (χ4n) is 2.02. The van der Waals surface area contributed by atoms with Gasteiger partial charge in [-0.25, -0.2) is 4.98 Å². The molecule has 14 heavy (non-hydrogen) atoms.